The van der Waals surface area contributed by atoms with E-state index >= 15 is 0 Å². The van der Waals surface area contributed by atoms with Gasteiger partial charge >= 0.3 is 0 Å². The summed E-state index contributed by atoms with van der Waals surface area (Å²) in [6.45, 7) is 3.44. The summed E-state index contributed by atoms with van der Waals surface area (Å²) >= 11 is 1.77. The van der Waals surface area contributed by atoms with Crippen LogP contribution in [0.25, 0.3) is 0 Å². The Bertz CT molecular complexity index is 395. The van der Waals surface area contributed by atoms with Crippen molar-refractivity contribution in [1.82, 2.24) is 10.2 Å². The van der Waals surface area contributed by atoms with Gasteiger partial charge in [-0.05, 0) is 37.3 Å². The van der Waals surface area contributed by atoms with Crippen LogP contribution in [0.4, 0.5) is 0 Å². The maximum Gasteiger partial charge on any atom is 0.222 e. The Hall–Kier alpha value is -0.910. The lowest BCUT2D eigenvalue weighted by molar-refractivity contribution is -0.128. The minimum absolute atomic E-state index is 0.323. The standard InChI is InChI=1S/C15H24N2O2S/c1-19-11-9-16-8-6-13-4-5-15(18)17(13)10-7-14-3-2-12-20-14/h2-3,12-13,16H,4-11H2,1H3. The molecule has 1 aromatic heterocycles. The van der Waals surface area contributed by atoms with Crippen LogP contribution < -0.4 is 5.32 Å². The molecule has 5 heteroatoms. The highest BCUT2D eigenvalue weighted by Crippen LogP contribution is 2.22. The molecule has 0 aliphatic carbocycles. The van der Waals surface area contributed by atoms with Gasteiger partial charge in [-0.25, -0.2) is 0 Å². The second-order valence-electron chi connectivity index (χ2n) is 5.14. The third kappa shape index (κ3) is 4.58. The summed E-state index contributed by atoms with van der Waals surface area (Å²) in [5, 5.41) is 5.45. The van der Waals surface area contributed by atoms with E-state index in [1.807, 2.05) is 0 Å². The van der Waals surface area contributed by atoms with Gasteiger partial charge in [0.05, 0.1) is 6.61 Å². The fourth-order valence-corrected chi connectivity index (χ4v) is 3.35. The van der Waals surface area contributed by atoms with Gasteiger partial charge in [0.15, 0.2) is 0 Å². The van der Waals surface area contributed by atoms with Crippen molar-refractivity contribution in [3.8, 4) is 0 Å². The van der Waals surface area contributed by atoms with E-state index in [1.165, 1.54) is 4.88 Å². The van der Waals surface area contributed by atoms with Crippen LogP contribution in [0.5, 0.6) is 0 Å². The molecular weight excluding hydrogens is 272 g/mol. The van der Waals surface area contributed by atoms with Gasteiger partial charge in [0, 0.05) is 37.5 Å². The fourth-order valence-electron chi connectivity index (χ4n) is 2.65. The number of thiophene rings is 1. The van der Waals surface area contributed by atoms with Crippen molar-refractivity contribution in [2.45, 2.75) is 31.7 Å². The Labute approximate surface area is 125 Å². The first kappa shape index (κ1) is 15.5. The number of nitrogens with zero attached hydrogens (tertiary/aromatic N) is 1. The second kappa shape index (κ2) is 8.39. The summed E-state index contributed by atoms with van der Waals surface area (Å²) in [6, 6.07) is 4.63. The molecule has 1 amide bonds. The number of methoxy groups -OCH3 is 1. The Morgan fingerprint density at radius 2 is 2.40 bits per heavy atom. The van der Waals surface area contributed by atoms with Crippen LogP contribution in [0.3, 0.4) is 0 Å². The lowest BCUT2D eigenvalue weighted by Gasteiger charge is -2.24. The molecule has 1 saturated heterocycles. The predicted octanol–water partition coefficient (Wildman–Crippen LogP) is 1.91. The molecule has 0 radical (unpaired) electrons. The maximum atomic E-state index is 12.0. The van der Waals surface area contributed by atoms with Crippen LogP contribution in [0.1, 0.15) is 24.1 Å². The highest BCUT2D eigenvalue weighted by Gasteiger charge is 2.29. The number of hydrogen-bond donors (Lipinski definition) is 1. The molecule has 0 bridgehead atoms. The first-order chi connectivity index (χ1) is 9.81. The molecule has 20 heavy (non-hydrogen) atoms. The molecule has 4 nitrogen and oxygen atoms in total. The number of rotatable bonds is 9. The van der Waals surface area contributed by atoms with Crippen molar-refractivity contribution >= 4 is 17.2 Å². The maximum absolute atomic E-state index is 12.0. The molecule has 112 valence electrons. The van der Waals surface area contributed by atoms with Crippen LogP contribution in [-0.4, -0.2) is 50.2 Å². The van der Waals surface area contributed by atoms with Gasteiger partial charge in [0.2, 0.25) is 5.91 Å². The van der Waals surface area contributed by atoms with E-state index < -0.39 is 0 Å². The Kier molecular flexibility index (Phi) is 6.50. The fraction of sp³-hybridized carbons (Fsp3) is 0.667. The van der Waals surface area contributed by atoms with Crippen molar-refractivity contribution in [3.63, 3.8) is 0 Å². The van der Waals surface area contributed by atoms with Crippen molar-refractivity contribution in [2.75, 3.05) is 33.4 Å². The summed E-state index contributed by atoms with van der Waals surface area (Å²) in [5.74, 6) is 0.323. The average molecular weight is 296 g/mol. The predicted molar refractivity (Wildman–Crippen MR) is 82.1 cm³/mol. The zero-order valence-electron chi connectivity index (χ0n) is 12.1. The minimum atomic E-state index is 0.323. The summed E-state index contributed by atoms with van der Waals surface area (Å²) in [5.41, 5.74) is 0. The Morgan fingerprint density at radius 1 is 1.50 bits per heavy atom. The number of carbonyl (C=O) groups is 1. The molecule has 1 fully saturated rings. The largest absolute Gasteiger partial charge is 0.383 e. The van der Waals surface area contributed by atoms with Crippen molar-refractivity contribution in [2.24, 2.45) is 0 Å². The molecule has 0 saturated carbocycles. The lowest BCUT2D eigenvalue weighted by atomic mass is 10.1. The van der Waals surface area contributed by atoms with Crippen molar-refractivity contribution in [3.05, 3.63) is 22.4 Å². The third-order valence-electron chi connectivity index (χ3n) is 3.77. The van der Waals surface area contributed by atoms with Gasteiger partial charge < -0.3 is 15.0 Å². The van der Waals surface area contributed by atoms with E-state index in [1.54, 1.807) is 18.4 Å². The van der Waals surface area contributed by atoms with Gasteiger partial charge in [-0.3, -0.25) is 4.79 Å². The van der Waals surface area contributed by atoms with Crippen LogP contribution in [0.2, 0.25) is 0 Å². The molecule has 0 aromatic carbocycles. The quantitative estimate of drug-likeness (QED) is 0.708. The van der Waals surface area contributed by atoms with Crippen molar-refractivity contribution < 1.29 is 9.53 Å². The monoisotopic (exact) mass is 296 g/mol. The summed E-state index contributed by atoms with van der Waals surface area (Å²) in [7, 11) is 1.71. The molecule has 0 spiro atoms. The van der Waals surface area contributed by atoms with Crippen LogP contribution >= 0.6 is 11.3 Å². The number of likely N-dealkylation sites (tertiary alicyclic amines) is 1. The highest BCUT2D eigenvalue weighted by atomic mass is 32.1. The Morgan fingerprint density at radius 3 is 3.15 bits per heavy atom. The van der Waals surface area contributed by atoms with E-state index in [-0.39, 0.29) is 0 Å². The normalized spacial score (nSPS) is 18.9. The van der Waals surface area contributed by atoms with Crippen molar-refractivity contribution in [1.29, 1.82) is 0 Å². The second-order valence-corrected chi connectivity index (χ2v) is 6.17. The van der Waals surface area contributed by atoms with Gasteiger partial charge in [-0.2, -0.15) is 0 Å². The van der Waals surface area contributed by atoms with Crippen LogP contribution in [-0.2, 0) is 16.0 Å². The van der Waals surface area contributed by atoms with Crippen LogP contribution in [0.15, 0.2) is 17.5 Å². The molecular formula is C15H24N2O2S. The minimum Gasteiger partial charge on any atom is -0.383 e. The number of ether oxygens (including phenoxy) is 1. The SMILES string of the molecule is COCCNCCC1CCC(=O)N1CCc1cccs1. The van der Waals surface area contributed by atoms with E-state index in [0.29, 0.717) is 18.4 Å². The lowest BCUT2D eigenvalue weighted by Crippen LogP contribution is -2.36. The summed E-state index contributed by atoms with van der Waals surface area (Å²) in [4.78, 5) is 15.4. The van der Waals surface area contributed by atoms with E-state index in [0.717, 1.165) is 45.5 Å². The third-order valence-corrected chi connectivity index (χ3v) is 4.71. The molecule has 1 aliphatic rings. The highest BCUT2D eigenvalue weighted by molar-refractivity contribution is 7.09. The smallest absolute Gasteiger partial charge is 0.222 e. The van der Waals surface area contributed by atoms with Gasteiger partial charge in [0.25, 0.3) is 0 Å². The molecule has 2 rings (SSSR count). The van der Waals surface area contributed by atoms with Gasteiger partial charge in [0.1, 0.15) is 0 Å². The number of hydrogen-bond acceptors (Lipinski definition) is 4. The first-order valence-electron chi connectivity index (χ1n) is 7.32. The molecule has 1 unspecified atom stereocenters. The van der Waals surface area contributed by atoms with E-state index in [2.05, 4.69) is 27.7 Å². The summed E-state index contributed by atoms with van der Waals surface area (Å²) in [6.07, 6.45) is 3.75. The Balaban J connectivity index is 1.71. The zero-order chi connectivity index (χ0) is 14.2. The number of amides is 1. The zero-order valence-corrected chi connectivity index (χ0v) is 13.0. The molecule has 1 atom stereocenters. The number of carbonyl (C=O) groups excluding carboxylic acids is 1. The van der Waals surface area contributed by atoms with Gasteiger partial charge in [-0.15, -0.1) is 11.3 Å². The molecule has 1 aliphatic heterocycles. The topological polar surface area (TPSA) is 41.6 Å². The first-order valence-corrected chi connectivity index (χ1v) is 8.20. The molecule has 1 aromatic rings. The van der Waals surface area contributed by atoms with Gasteiger partial charge in [-0.1, -0.05) is 6.07 Å². The summed E-state index contributed by atoms with van der Waals surface area (Å²) < 4.78 is 5.01. The van der Waals surface area contributed by atoms with E-state index in [9.17, 15) is 4.79 Å². The number of nitrogens with one attached hydrogen (secondary N) is 1. The average Bonchev–Trinajstić information content (AvgIpc) is 3.07. The van der Waals surface area contributed by atoms with E-state index in [4.69, 9.17) is 4.74 Å². The van der Waals surface area contributed by atoms with Crippen LogP contribution in [0, 0.1) is 0 Å². The molecule has 2 heterocycles. The molecule has 1 N–H and O–H groups in total.